The van der Waals surface area contributed by atoms with Gasteiger partial charge in [-0.05, 0) is 0 Å². The molecule has 2 aliphatic rings. The monoisotopic (exact) mass is 548 g/mol. The first-order valence-electron chi connectivity index (χ1n) is 11.9. The lowest BCUT2D eigenvalue weighted by Crippen LogP contribution is -2.46. The maximum atomic E-state index is 13.3. The van der Waals surface area contributed by atoms with Crippen LogP contribution in [-0.4, -0.2) is 73.7 Å². The van der Waals surface area contributed by atoms with Gasteiger partial charge in [0.15, 0.2) is 0 Å². The molecule has 12 heteroatoms. The Morgan fingerprint density at radius 1 is 0.606 bits per heavy atom. The van der Waals surface area contributed by atoms with E-state index in [9.17, 15) is 18.3 Å². The minimum absolute atomic E-state index is 0.0104. The number of rotatable bonds is 10. The average Bonchev–Trinajstić information content (AvgIpc) is 2.74. The lowest BCUT2D eigenvalue weighted by molar-refractivity contribution is -0.0680. The molecule has 8 nitrogen and oxygen atoms in total. The summed E-state index contributed by atoms with van der Waals surface area (Å²) in [7, 11) is -11.7. The van der Waals surface area contributed by atoms with Crippen molar-refractivity contribution in [1.29, 1.82) is 0 Å². The van der Waals surface area contributed by atoms with Crippen LogP contribution in [0.1, 0.15) is 55.4 Å². The van der Waals surface area contributed by atoms with Crippen molar-refractivity contribution in [1.82, 2.24) is 0 Å². The second kappa shape index (κ2) is 11.0. The SMILES string of the molecule is CC(C)P(=O)(CCP1(=O)OCC2(CO1)COP(=O)(CCP(=O)(C(C)C)C(C)C)OC2)C(C)C. The van der Waals surface area contributed by atoms with E-state index in [2.05, 4.69) is 0 Å². The zero-order valence-electron chi connectivity index (χ0n) is 21.5. The molecule has 0 unspecified atom stereocenters. The molecule has 2 rings (SSSR count). The molecule has 196 valence electrons. The molecule has 2 fully saturated rings. The fourth-order valence-electron chi connectivity index (χ4n) is 4.31. The van der Waals surface area contributed by atoms with Crippen LogP contribution in [-0.2, 0) is 36.4 Å². The van der Waals surface area contributed by atoms with Crippen LogP contribution >= 0.6 is 29.5 Å². The molecular weight excluding hydrogens is 504 g/mol. The predicted molar refractivity (Wildman–Crippen MR) is 137 cm³/mol. The molecule has 0 saturated carbocycles. The van der Waals surface area contributed by atoms with E-state index in [1.807, 2.05) is 55.4 Å². The van der Waals surface area contributed by atoms with E-state index >= 15 is 0 Å². The Hall–Kier alpha value is 0.760. The summed E-state index contributed by atoms with van der Waals surface area (Å²) in [5.74, 6) is 0. The number of hydrogen-bond donors (Lipinski definition) is 0. The highest BCUT2D eigenvalue weighted by molar-refractivity contribution is 7.67. The lowest BCUT2D eigenvalue weighted by atomic mass is 9.93. The Balaban J connectivity index is 1.92. The molecule has 0 N–H and O–H groups in total. The van der Waals surface area contributed by atoms with E-state index in [0.717, 1.165) is 0 Å². The summed E-state index contributed by atoms with van der Waals surface area (Å²) in [6, 6.07) is 0. The minimum atomic E-state index is -3.36. The van der Waals surface area contributed by atoms with Crippen molar-refractivity contribution >= 4 is 29.5 Å². The first-order valence-corrected chi connectivity index (χ1v) is 19.5. The largest absolute Gasteiger partial charge is 0.331 e. The summed E-state index contributed by atoms with van der Waals surface area (Å²) in [5.41, 5.74) is -0.638. The van der Waals surface area contributed by atoms with Crippen molar-refractivity contribution < 1.29 is 36.4 Å². The van der Waals surface area contributed by atoms with E-state index < -0.39 is 34.9 Å². The Bertz CT molecular complexity index is 745. The quantitative estimate of drug-likeness (QED) is 0.274. The average molecular weight is 548 g/mol. The molecule has 0 aromatic rings. The van der Waals surface area contributed by atoms with Gasteiger partial charge in [0.25, 0.3) is 0 Å². The van der Waals surface area contributed by atoms with Crippen LogP contribution < -0.4 is 0 Å². The van der Waals surface area contributed by atoms with Gasteiger partial charge in [-0.2, -0.15) is 0 Å². The van der Waals surface area contributed by atoms with Crippen molar-refractivity contribution in [2.45, 2.75) is 78.0 Å². The highest BCUT2D eigenvalue weighted by Gasteiger charge is 2.49. The van der Waals surface area contributed by atoms with Gasteiger partial charge in [-0.25, -0.2) is 0 Å². The van der Waals surface area contributed by atoms with Gasteiger partial charge < -0.3 is 27.2 Å². The van der Waals surface area contributed by atoms with Gasteiger partial charge in [0, 0.05) is 35.0 Å². The molecular formula is C21H44O8P4. The summed E-state index contributed by atoms with van der Waals surface area (Å²) in [6.45, 7) is 15.9. The molecule has 33 heavy (non-hydrogen) atoms. The Morgan fingerprint density at radius 2 is 0.848 bits per heavy atom. The zero-order chi connectivity index (χ0) is 25.3. The summed E-state index contributed by atoms with van der Waals surface area (Å²) >= 11 is 0. The van der Waals surface area contributed by atoms with Gasteiger partial charge in [-0.3, -0.25) is 9.13 Å². The molecule has 0 amide bonds. The molecule has 1 spiro atoms. The second-order valence-electron chi connectivity index (χ2n) is 10.8. The van der Waals surface area contributed by atoms with Gasteiger partial charge in [0.05, 0.1) is 58.5 Å². The van der Waals surface area contributed by atoms with Crippen molar-refractivity contribution in [3.63, 3.8) is 0 Å². The van der Waals surface area contributed by atoms with Crippen molar-refractivity contribution in [3.8, 4) is 0 Å². The first-order chi connectivity index (χ1) is 15.0. The highest BCUT2D eigenvalue weighted by Crippen LogP contribution is 2.64. The molecule has 2 heterocycles. The van der Waals surface area contributed by atoms with E-state index in [1.165, 1.54) is 0 Å². The van der Waals surface area contributed by atoms with Crippen LogP contribution in [0.5, 0.6) is 0 Å². The third-order valence-corrected chi connectivity index (χ3v) is 20.4. The highest BCUT2D eigenvalue weighted by atomic mass is 31.2. The van der Waals surface area contributed by atoms with Crippen LogP contribution in [0, 0.1) is 5.41 Å². The zero-order valence-corrected chi connectivity index (χ0v) is 25.1. The third kappa shape index (κ3) is 6.95. The first kappa shape index (κ1) is 30.0. The Morgan fingerprint density at radius 3 is 1.06 bits per heavy atom. The topological polar surface area (TPSA) is 105 Å². The normalized spacial score (nSPS) is 31.9. The fourth-order valence-corrected chi connectivity index (χ4v) is 15.8. The van der Waals surface area contributed by atoms with Gasteiger partial charge in [0.2, 0.25) is 0 Å². The van der Waals surface area contributed by atoms with Gasteiger partial charge in [-0.15, -0.1) is 0 Å². The van der Waals surface area contributed by atoms with Crippen LogP contribution in [0.2, 0.25) is 0 Å². The molecule has 2 saturated heterocycles. The van der Waals surface area contributed by atoms with Crippen molar-refractivity contribution in [2.75, 3.05) is 51.1 Å². The smallest absolute Gasteiger partial charge is 0.323 e. The minimum Gasteiger partial charge on any atom is -0.323 e. The summed E-state index contributed by atoms with van der Waals surface area (Å²) in [6.07, 6.45) is 0.883. The van der Waals surface area contributed by atoms with Gasteiger partial charge >= 0.3 is 15.2 Å². The van der Waals surface area contributed by atoms with Crippen LogP contribution in [0.4, 0.5) is 0 Å². The summed E-state index contributed by atoms with van der Waals surface area (Å²) in [5, 5.41) is 0. The Labute approximate surface area is 200 Å². The van der Waals surface area contributed by atoms with Crippen LogP contribution in [0.25, 0.3) is 0 Å². The molecule has 0 aromatic heterocycles. The second-order valence-corrected chi connectivity index (χ2v) is 23.6. The van der Waals surface area contributed by atoms with Gasteiger partial charge in [-0.1, -0.05) is 55.4 Å². The molecule has 0 atom stereocenters. The van der Waals surface area contributed by atoms with Crippen molar-refractivity contribution in [2.24, 2.45) is 5.41 Å². The van der Waals surface area contributed by atoms with Crippen LogP contribution in [0.15, 0.2) is 0 Å². The third-order valence-electron chi connectivity index (χ3n) is 7.21. The molecule has 0 aliphatic carbocycles. The molecule has 0 aromatic carbocycles. The number of hydrogen-bond acceptors (Lipinski definition) is 8. The molecule has 0 bridgehead atoms. The maximum absolute atomic E-state index is 13.3. The van der Waals surface area contributed by atoms with Crippen LogP contribution in [0.3, 0.4) is 0 Å². The maximum Gasteiger partial charge on any atom is 0.331 e. The standard InChI is InChI=1S/C21H44O8P4/c1-17(2)30(22,18(3)4)9-11-32(24)26-13-21(14-27-32)15-28-33(25,29-16-21)12-10-31(23,19(5)6)20(7)8/h17-20H,9-16H2,1-8H3. The Kier molecular flexibility index (Phi) is 10.0. The summed E-state index contributed by atoms with van der Waals surface area (Å²) < 4.78 is 75.4. The molecule has 2 aliphatic heterocycles. The predicted octanol–water partition coefficient (Wildman–Crippen LogP) is 6.81. The van der Waals surface area contributed by atoms with E-state index in [4.69, 9.17) is 18.1 Å². The van der Waals surface area contributed by atoms with E-state index in [1.54, 1.807) is 0 Å². The fraction of sp³-hybridized carbons (Fsp3) is 1.00. The van der Waals surface area contributed by atoms with Crippen molar-refractivity contribution in [3.05, 3.63) is 0 Å². The van der Waals surface area contributed by atoms with E-state index in [-0.39, 0.29) is 61.4 Å². The van der Waals surface area contributed by atoms with Gasteiger partial charge in [0.1, 0.15) is 0 Å². The van der Waals surface area contributed by atoms with E-state index in [0.29, 0.717) is 12.3 Å². The lowest BCUT2D eigenvalue weighted by Gasteiger charge is -2.43. The summed E-state index contributed by atoms with van der Waals surface area (Å²) in [4.78, 5) is 0. The molecule has 0 radical (unpaired) electrons.